The van der Waals surface area contributed by atoms with Gasteiger partial charge in [-0.3, -0.25) is 10.1 Å². The Morgan fingerprint density at radius 3 is 2.59 bits per heavy atom. The molecule has 0 aliphatic rings. The first-order valence-corrected chi connectivity index (χ1v) is 9.80. The predicted octanol–water partition coefficient (Wildman–Crippen LogP) is 4.86. The van der Waals surface area contributed by atoms with Crippen molar-refractivity contribution in [2.45, 2.75) is 20.8 Å². The molecule has 0 saturated heterocycles. The number of carbonyl (C=O) groups excluding carboxylic acids is 1. The first-order chi connectivity index (χ1) is 15.3. The maximum Gasteiger partial charge on any atom is 0.360 e. The molecule has 9 heteroatoms. The molecular formula is C23H18N4O5. The van der Waals surface area contributed by atoms with Gasteiger partial charge in [-0.2, -0.15) is 10.4 Å². The van der Waals surface area contributed by atoms with Crippen LogP contribution >= 0.6 is 0 Å². The van der Waals surface area contributed by atoms with Gasteiger partial charge < -0.3 is 9.15 Å². The number of carbonyl (C=O) groups is 1. The quantitative estimate of drug-likeness (QED) is 0.251. The summed E-state index contributed by atoms with van der Waals surface area (Å²) in [5, 5.41) is 26.2. The zero-order valence-electron chi connectivity index (χ0n) is 17.6. The number of aromatic nitrogens is 2. The summed E-state index contributed by atoms with van der Waals surface area (Å²) in [5.41, 5.74) is 2.90. The number of esters is 1. The monoisotopic (exact) mass is 430 g/mol. The normalized spacial score (nSPS) is 10.8. The van der Waals surface area contributed by atoms with Crippen LogP contribution < -0.4 is 0 Å². The lowest BCUT2D eigenvalue weighted by Gasteiger charge is -2.06. The van der Waals surface area contributed by atoms with Crippen molar-refractivity contribution in [1.29, 1.82) is 5.26 Å². The number of fused-ring (bicyclic) bond motifs is 1. The zero-order valence-corrected chi connectivity index (χ0v) is 17.6. The molecule has 0 atom stereocenters. The van der Waals surface area contributed by atoms with E-state index in [2.05, 4.69) is 11.2 Å². The van der Waals surface area contributed by atoms with Gasteiger partial charge in [0.1, 0.15) is 22.9 Å². The van der Waals surface area contributed by atoms with Crippen LogP contribution in [0.1, 0.15) is 34.1 Å². The fourth-order valence-electron chi connectivity index (χ4n) is 3.54. The molecule has 0 unspecified atom stereocenters. The maximum absolute atomic E-state index is 12.5. The molecule has 0 aliphatic carbocycles. The van der Waals surface area contributed by atoms with E-state index in [0.717, 1.165) is 16.5 Å². The lowest BCUT2D eigenvalue weighted by atomic mass is 10.1. The van der Waals surface area contributed by atoms with Crippen molar-refractivity contribution in [3.8, 4) is 23.2 Å². The Bertz CT molecular complexity index is 1410. The number of nitrogens with zero attached hydrogens (tertiary/aromatic N) is 4. The molecular weight excluding hydrogens is 412 g/mol. The van der Waals surface area contributed by atoms with E-state index in [1.165, 1.54) is 28.9 Å². The molecule has 4 rings (SSSR count). The van der Waals surface area contributed by atoms with Crippen LogP contribution in [0.3, 0.4) is 0 Å². The number of non-ortho nitro benzene ring substituents is 1. The molecule has 0 fully saturated rings. The molecule has 2 aromatic heterocycles. The number of nitro benzene ring substituents is 1. The summed E-state index contributed by atoms with van der Waals surface area (Å²) < 4.78 is 12.5. The third kappa shape index (κ3) is 3.37. The standard InChI is InChI=1S/C23H18N4O5/c1-4-31-23(28)20-18(12-24)21(22-14(3)17-11-13(2)5-10-19(17)32-22)26(25-20)15-6-8-16(9-7-15)27(29)30/h5-11H,4H2,1-3H3. The second kappa shape index (κ2) is 8.00. The van der Waals surface area contributed by atoms with Crippen molar-refractivity contribution in [2.24, 2.45) is 0 Å². The molecule has 160 valence electrons. The average molecular weight is 430 g/mol. The number of rotatable bonds is 5. The van der Waals surface area contributed by atoms with Gasteiger partial charge in [-0.1, -0.05) is 11.6 Å². The van der Waals surface area contributed by atoms with Crippen molar-refractivity contribution in [1.82, 2.24) is 9.78 Å². The van der Waals surface area contributed by atoms with E-state index in [1.54, 1.807) is 6.92 Å². The molecule has 0 aliphatic heterocycles. The Labute approximate surface area is 182 Å². The highest BCUT2D eigenvalue weighted by molar-refractivity contribution is 5.95. The summed E-state index contributed by atoms with van der Waals surface area (Å²) in [6.07, 6.45) is 0. The summed E-state index contributed by atoms with van der Waals surface area (Å²) in [4.78, 5) is 23.1. The minimum absolute atomic E-state index is 0.000630. The van der Waals surface area contributed by atoms with Crippen molar-refractivity contribution < 1.29 is 18.9 Å². The zero-order chi connectivity index (χ0) is 23.0. The minimum atomic E-state index is -0.740. The number of nitriles is 1. The third-order valence-corrected chi connectivity index (χ3v) is 5.08. The smallest absolute Gasteiger partial charge is 0.360 e. The van der Waals surface area contributed by atoms with Gasteiger partial charge in [0.25, 0.3) is 5.69 Å². The Balaban J connectivity index is 2.02. The van der Waals surface area contributed by atoms with Crippen molar-refractivity contribution in [3.63, 3.8) is 0 Å². The fraction of sp³-hybridized carbons (Fsp3) is 0.174. The number of hydrogen-bond donors (Lipinski definition) is 0. The van der Waals surface area contributed by atoms with E-state index in [-0.39, 0.29) is 29.2 Å². The van der Waals surface area contributed by atoms with E-state index in [9.17, 15) is 20.2 Å². The van der Waals surface area contributed by atoms with Crippen LogP contribution in [0.4, 0.5) is 5.69 Å². The van der Waals surface area contributed by atoms with Gasteiger partial charge in [-0.05, 0) is 45.0 Å². The predicted molar refractivity (Wildman–Crippen MR) is 116 cm³/mol. The number of nitro groups is 1. The highest BCUT2D eigenvalue weighted by Crippen LogP contribution is 2.37. The van der Waals surface area contributed by atoms with E-state index < -0.39 is 10.9 Å². The maximum atomic E-state index is 12.5. The Morgan fingerprint density at radius 2 is 1.97 bits per heavy atom. The summed E-state index contributed by atoms with van der Waals surface area (Å²) in [7, 11) is 0. The van der Waals surface area contributed by atoms with Gasteiger partial charge in [0.05, 0.1) is 17.2 Å². The van der Waals surface area contributed by atoms with Crippen molar-refractivity contribution in [2.75, 3.05) is 6.61 Å². The van der Waals surface area contributed by atoms with Gasteiger partial charge >= 0.3 is 5.97 Å². The van der Waals surface area contributed by atoms with Crippen LogP contribution in [0.2, 0.25) is 0 Å². The van der Waals surface area contributed by atoms with Crippen LogP contribution in [0, 0.1) is 35.3 Å². The molecule has 0 radical (unpaired) electrons. The van der Waals surface area contributed by atoms with Crippen molar-refractivity contribution >= 4 is 22.6 Å². The van der Waals surface area contributed by atoms with Crippen LogP contribution in [0.5, 0.6) is 0 Å². The van der Waals surface area contributed by atoms with Gasteiger partial charge in [-0.15, -0.1) is 0 Å². The molecule has 2 aromatic carbocycles. The fourth-order valence-corrected chi connectivity index (χ4v) is 3.54. The molecule has 0 amide bonds. The topological polar surface area (TPSA) is 124 Å². The lowest BCUT2D eigenvalue weighted by Crippen LogP contribution is -2.08. The van der Waals surface area contributed by atoms with Crippen LogP contribution in [-0.4, -0.2) is 27.3 Å². The lowest BCUT2D eigenvalue weighted by molar-refractivity contribution is -0.384. The molecule has 0 spiro atoms. The van der Waals surface area contributed by atoms with Crippen LogP contribution in [0.25, 0.3) is 28.1 Å². The molecule has 0 N–H and O–H groups in total. The summed E-state index contributed by atoms with van der Waals surface area (Å²) in [5.74, 6) is -0.362. The molecule has 0 saturated carbocycles. The largest absolute Gasteiger partial charge is 0.461 e. The molecule has 0 bridgehead atoms. The van der Waals surface area contributed by atoms with E-state index in [4.69, 9.17) is 9.15 Å². The van der Waals surface area contributed by atoms with Gasteiger partial charge in [0, 0.05) is 23.1 Å². The molecule has 9 nitrogen and oxygen atoms in total. The van der Waals surface area contributed by atoms with E-state index >= 15 is 0 Å². The Hall–Kier alpha value is -4.45. The van der Waals surface area contributed by atoms with E-state index in [0.29, 0.717) is 17.0 Å². The first kappa shape index (κ1) is 20.8. The Kier molecular flexibility index (Phi) is 5.20. The SMILES string of the molecule is CCOC(=O)c1nn(-c2ccc([N+](=O)[O-])cc2)c(-c2oc3ccc(C)cc3c2C)c1C#N. The van der Waals surface area contributed by atoms with Crippen molar-refractivity contribution in [3.05, 3.63) is 75.0 Å². The van der Waals surface area contributed by atoms with Crippen LogP contribution in [-0.2, 0) is 4.74 Å². The van der Waals surface area contributed by atoms with Gasteiger partial charge in [-0.25, -0.2) is 9.48 Å². The second-order valence-corrected chi connectivity index (χ2v) is 7.15. The summed E-state index contributed by atoms with van der Waals surface area (Å²) >= 11 is 0. The first-order valence-electron chi connectivity index (χ1n) is 9.80. The average Bonchev–Trinajstić information content (AvgIpc) is 3.31. The number of ether oxygens (including phenoxy) is 1. The number of furan rings is 1. The molecule has 2 heterocycles. The minimum Gasteiger partial charge on any atom is -0.461 e. The number of benzene rings is 2. The van der Waals surface area contributed by atoms with Gasteiger partial charge in [0.15, 0.2) is 11.5 Å². The Morgan fingerprint density at radius 1 is 1.25 bits per heavy atom. The highest BCUT2D eigenvalue weighted by Gasteiger charge is 2.29. The van der Waals surface area contributed by atoms with Crippen LogP contribution in [0.15, 0.2) is 46.9 Å². The molecule has 4 aromatic rings. The second-order valence-electron chi connectivity index (χ2n) is 7.15. The van der Waals surface area contributed by atoms with Gasteiger partial charge in [0.2, 0.25) is 0 Å². The highest BCUT2D eigenvalue weighted by atomic mass is 16.6. The van der Waals surface area contributed by atoms with E-state index in [1.807, 2.05) is 32.0 Å². The molecule has 32 heavy (non-hydrogen) atoms. The summed E-state index contributed by atoms with van der Waals surface area (Å²) in [6.45, 7) is 5.60. The summed E-state index contributed by atoms with van der Waals surface area (Å²) in [6, 6.07) is 13.4. The third-order valence-electron chi connectivity index (χ3n) is 5.08. The number of hydrogen-bond acceptors (Lipinski definition) is 7. The number of aryl methyl sites for hydroxylation is 2.